The standard InChI is InChI=1S/C26H36N4O4/c31-16-22(26(33)34)28-24-25(32)30(23-11-7-6-10-21(23)27-24)20-14-18-12-13-19(15-20)29(18)17-8-4-2-1-3-5-9-17/h6-7,10-11,17-20,22,31H,1-5,8-9,12-16H2,(H,27,28)(H,33,34)/t18-,19?,20+,22-/m0/s1. The van der Waals surface area contributed by atoms with Crippen molar-refractivity contribution in [1.82, 2.24) is 14.5 Å². The number of nitrogens with one attached hydrogen (secondary N) is 1. The number of aromatic nitrogens is 2. The second kappa shape index (κ2) is 10.0. The van der Waals surface area contributed by atoms with E-state index in [4.69, 9.17) is 0 Å². The third kappa shape index (κ3) is 4.45. The first-order valence-electron chi connectivity index (χ1n) is 13.0. The molecule has 8 nitrogen and oxygen atoms in total. The Bertz CT molecular complexity index is 1060. The number of rotatable bonds is 6. The molecule has 2 saturated heterocycles. The number of nitrogens with zero attached hydrogens (tertiary/aromatic N) is 3. The summed E-state index contributed by atoms with van der Waals surface area (Å²) in [6, 6.07) is 8.01. The molecule has 1 aromatic heterocycles. The summed E-state index contributed by atoms with van der Waals surface area (Å²) in [5.41, 5.74) is 1.14. The summed E-state index contributed by atoms with van der Waals surface area (Å²) in [5.74, 6) is -1.22. The molecule has 34 heavy (non-hydrogen) atoms. The fourth-order valence-electron chi connectivity index (χ4n) is 6.69. The number of para-hydroxylation sites is 2. The topological polar surface area (TPSA) is 108 Å². The lowest BCUT2D eigenvalue weighted by Gasteiger charge is -2.45. The minimum Gasteiger partial charge on any atom is -0.480 e. The fraction of sp³-hybridized carbons (Fsp3) is 0.654. The van der Waals surface area contributed by atoms with Gasteiger partial charge in [-0.1, -0.05) is 44.2 Å². The van der Waals surface area contributed by atoms with Gasteiger partial charge in [-0.25, -0.2) is 9.78 Å². The number of aliphatic carboxylic acids is 1. The molecule has 0 spiro atoms. The molecule has 1 aliphatic carbocycles. The molecule has 3 fully saturated rings. The molecule has 2 aliphatic heterocycles. The highest BCUT2D eigenvalue weighted by Gasteiger charge is 2.44. The predicted molar refractivity (Wildman–Crippen MR) is 131 cm³/mol. The van der Waals surface area contributed by atoms with Crippen LogP contribution >= 0.6 is 0 Å². The van der Waals surface area contributed by atoms with Crippen molar-refractivity contribution in [2.75, 3.05) is 11.9 Å². The van der Waals surface area contributed by atoms with E-state index in [2.05, 4.69) is 15.2 Å². The van der Waals surface area contributed by atoms with Crippen molar-refractivity contribution in [3.8, 4) is 0 Å². The SMILES string of the molecule is O=C(O)[C@H](CO)Nc1nc2ccccc2n([C@H]2CC3CC[C@@H](C2)N3C2CCCCCCC2)c1=O. The lowest BCUT2D eigenvalue weighted by Crippen LogP contribution is -2.50. The molecule has 2 bridgehead atoms. The maximum atomic E-state index is 13.6. The van der Waals surface area contributed by atoms with Crippen molar-refractivity contribution in [3.05, 3.63) is 34.6 Å². The minimum absolute atomic E-state index is 0.00468. The molecule has 0 radical (unpaired) electrons. The highest BCUT2D eigenvalue weighted by molar-refractivity contribution is 5.79. The molecule has 3 heterocycles. The first-order valence-corrected chi connectivity index (χ1v) is 13.0. The number of anilines is 1. The third-order valence-electron chi connectivity index (χ3n) is 8.21. The predicted octanol–water partition coefficient (Wildman–Crippen LogP) is 3.53. The van der Waals surface area contributed by atoms with Crippen molar-refractivity contribution < 1.29 is 15.0 Å². The first kappa shape index (κ1) is 23.3. The van der Waals surface area contributed by atoms with Crippen LogP contribution < -0.4 is 10.9 Å². The second-order valence-corrected chi connectivity index (χ2v) is 10.3. The Kier molecular flexibility index (Phi) is 6.88. The highest BCUT2D eigenvalue weighted by atomic mass is 16.4. The number of carbonyl (C=O) groups is 1. The molecule has 4 atom stereocenters. The number of aliphatic hydroxyl groups is 1. The molecular formula is C26H36N4O4. The number of benzene rings is 1. The van der Waals surface area contributed by atoms with Crippen LogP contribution in [-0.4, -0.2) is 61.4 Å². The van der Waals surface area contributed by atoms with Crippen LogP contribution in [0.1, 0.15) is 76.7 Å². The van der Waals surface area contributed by atoms with Gasteiger partial charge in [0, 0.05) is 24.2 Å². The summed E-state index contributed by atoms with van der Waals surface area (Å²) >= 11 is 0. The van der Waals surface area contributed by atoms with Gasteiger partial charge in [0.05, 0.1) is 17.6 Å². The zero-order valence-electron chi connectivity index (χ0n) is 19.7. The van der Waals surface area contributed by atoms with Crippen molar-refractivity contribution in [2.45, 2.75) is 101 Å². The molecule has 3 N–H and O–H groups in total. The number of hydrogen-bond donors (Lipinski definition) is 3. The zero-order chi connectivity index (χ0) is 23.7. The number of carboxylic acid groups (broad SMARTS) is 1. The third-order valence-corrected chi connectivity index (χ3v) is 8.21. The second-order valence-electron chi connectivity index (χ2n) is 10.3. The van der Waals surface area contributed by atoms with E-state index in [0.717, 1.165) is 18.4 Å². The molecule has 184 valence electrons. The molecule has 5 rings (SSSR count). The van der Waals surface area contributed by atoms with Crippen LogP contribution in [0, 0.1) is 0 Å². The van der Waals surface area contributed by atoms with Crippen molar-refractivity contribution >= 4 is 22.8 Å². The monoisotopic (exact) mass is 468 g/mol. The molecule has 0 amide bonds. The summed E-state index contributed by atoms with van der Waals surface area (Å²) in [4.78, 5) is 32.3. The summed E-state index contributed by atoms with van der Waals surface area (Å²) in [6.07, 6.45) is 13.5. The average Bonchev–Trinajstić information content (AvgIpc) is 3.06. The van der Waals surface area contributed by atoms with Gasteiger partial charge in [0.15, 0.2) is 5.82 Å². The van der Waals surface area contributed by atoms with Crippen molar-refractivity contribution in [1.29, 1.82) is 0 Å². The first-order chi connectivity index (χ1) is 16.6. The molecule has 3 aliphatic rings. The van der Waals surface area contributed by atoms with Gasteiger partial charge in [-0.2, -0.15) is 0 Å². The van der Waals surface area contributed by atoms with E-state index in [1.165, 1.54) is 57.8 Å². The Morgan fingerprint density at radius 3 is 2.26 bits per heavy atom. The maximum Gasteiger partial charge on any atom is 0.328 e. The summed E-state index contributed by atoms with van der Waals surface area (Å²) < 4.78 is 1.85. The van der Waals surface area contributed by atoms with Crippen LogP contribution in [0.25, 0.3) is 11.0 Å². The Balaban J connectivity index is 1.46. The fourth-order valence-corrected chi connectivity index (χ4v) is 6.69. The lowest BCUT2D eigenvalue weighted by molar-refractivity contribution is -0.138. The van der Waals surface area contributed by atoms with Gasteiger partial charge in [0.1, 0.15) is 6.04 Å². The van der Waals surface area contributed by atoms with Crippen LogP contribution in [-0.2, 0) is 4.79 Å². The molecule has 8 heteroatoms. The van der Waals surface area contributed by atoms with E-state index in [-0.39, 0.29) is 17.4 Å². The van der Waals surface area contributed by atoms with E-state index < -0.39 is 18.6 Å². The van der Waals surface area contributed by atoms with Crippen LogP contribution in [0.15, 0.2) is 29.1 Å². The van der Waals surface area contributed by atoms with Gasteiger partial charge in [-0.15, -0.1) is 0 Å². The maximum absolute atomic E-state index is 13.6. The van der Waals surface area contributed by atoms with E-state index in [1.807, 2.05) is 28.8 Å². The van der Waals surface area contributed by atoms with Gasteiger partial charge in [0.2, 0.25) is 0 Å². The number of piperidine rings is 1. The smallest absolute Gasteiger partial charge is 0.328 e. The highest BCUT2D eigenvalue weighted by Crippen LogP contribution is 2.44. The van der Waals surface area contributed by atoms with Crippen LogP contribution in [0.4, 0.5) is 5.82 Å². The van der Waals surface area contributed by atoms with E-state index >= 15 is 0 Å². The van der Waals surface area contributed by atoms with Crippen molar-refractivity contribution in [2.24, 2.45) is 0 Å². The van der Waals surface area contributed by atoms with Gasteiger partial charge in [-0.3, -0.25) is 9.69 Å². The Labute approximate surface area is 200 Å². The lowest BCUT2D eigenvalue weighted by atomic mass is 9.89. The largest absolute Gasteiger partial charge is 0.480 e. The van der Waals surface area contributed by atoms with Crippen LogP contribution in [0.5, 0.6) is 0 Å². The Morgan fingerprint density at radius 2 is 1.62 bits per heavy atom. The number of aliphatic hydroxyl groups excluding tert-OH is 1. The summed E-state index contributed by atoms with van der Waals surface area (Å²) in [5, 5.41) is 21.5. The summed E-state index contributed by atoms with van der Waals surface area (Å²) in [7, 11) is 0. The van der Waals surface area contributed by atoms with Crippen LogP contribution in [0.3, 0.4) is 0 Å². The Morgan fingerprint density at radius 1 is 0.971 bits per heavy atom. The number of fused-ring (bicyclic) bond motifs is 3. The van der Waals surface area contributed by atoms with Gasteiger partial charge in [-0.05, 0) is 50.7 Å². The van der Waals surface area contributed by atoms with Gasteiger partial charge in [0.25, 0.3) is 5.56 Å². The Hall–Kier alpha value is -2.45. The van der Waals surface area contributed by atoms with Crippen molar-refractivity contribution in [3.63, 3.8) is 0 Å². The zero-order valence-corrected chi connectivity index (χ0v) is 19.7. The molecule has 2 aromatic rings. The van der Waals surface area contributed by atoms with E-state index in [1.54, 1.807) is 0 Å². The van der Waals surface area contributed by atoms with Gasteiger partial charge >= 0.3 is 5.97 Å². The van der Waals surface area contributed by atoms with E-state index in [9.17, 15) is 19.8 Å². The van der Waals surface area contributed by atoms with Crippen LogP contribution in [0.2, 0.25) is 0 Å². The van der Waals surface area contributed by atoms with E-state index in [0.29, 0.717) is 23.6 Å². The quantitative estimate of drug-likeness (QED) is 0.595. The van der Waals surface area contributed by atoms with Gasteiger partial charge < -0.3 is 20.1 Å². The normalized spacial score (nSPS) is 27.3. The number of carboxylic acids is 1. The molecular weight excluding hydrogens is 432 g/mol. The average molecular weight is 469 g/mol. The molecule has 1 unspecified atom stereocenters. The molecule has 1 saturated carbocycles. The molecule has 1 aromatic carbocycles. The number of hydrogen-bond acceptors (Lipinski definition) is 6. The minimum atomic E-state index is -1.27. The summed E-state index contributed by atoms with van der Waals surface area (Å²) in [6.45, 7) is -0.618.